The Hall–Kier alpha value is 0.540. The molecule has 0 fully saturated rings. The minimum atomic E-state index is -1.51. The Balaban J connectivity index is 0. The Morgan fingerprint density at radius 3 is 2.17 bits per heavy atom. The van der Waals surface area contributed by atoms with Crippen molar-refractivity contribution >= 4 is 40.8 Å². The second kappa shape index (κ2) is 9.44. The Bertz CT molecular complexity index is 456. The van der Waals surface area contributed by atoms with Gasteiger partial charge in [0, 0.05) is 10.6 Å². The number of rotatable bonds is 4. The molecule has 0 atom stereocenters. The van der Waals surface area contributed by atoms with E-state index < -0.39 is 18.5 Å². The molecule has 5 nitrogen and oxygen atoms in total. The summed E-state index contributed by atoms with van der Waals surface area (Å²) in [6, 6.07) is 2.40. The molecule has 0 heterocycles. The smallest absolute Gasteiger partial charge is 0.548 e. The van der Waals surface area contributed by atoms with Crippen LogP contribution in [0.3, 0.4) is 0 Å². The van der Waals surface area contributed by atoms with E-state index in [4.69, 9.17) is 23.2 Å². The first-order valence-corrected chi connectivity index (χ1v) is 4.81. The molecule has 0 unspecified atom stereocenters. The van der Waals surface area contributed by atoms with Gasteiger partial charge in [0.25, 0.3) is 0 Å². The van der Waals surface area contributed by atoms with Gasteiger partial charge in [-0.2, -0.15) is 0 Å². The number of anilines is 1. The van der Waals surface area contributed by atoms with E-state index in [1.165, 1.54) is 6.07 Å². The first-order valence-electron chi connectivity index (χ1n) is 4.06. The van der Waals surface area contributed by atoms with Crippen molar-refractivity contribution in [1.82, 2.24) is 0 Å². The zero-order chi connectivity index (χ0) is 12.3. The van der Waals surface area contributed by atoms with E-state index in [0.717, 1.165) is 6.07 Å². The number of carbonyl (C=O) groups is 2. The molecule has 0 radical (unpaired) electrons. The zero-order valence-corrected chi connectivity index (χ0v) is 15.3. The molecule has 1 aromatic rings. The molecule has 1 aromatic carbocycles. The van der Waals surface area contributed by atoms with Crippen molar-refractivity contribution in [3.05, 3.63) is 27.7 Å². The molecule has 0 aliphatic heterocycles. The van der Waals surface area contributed by atoms with Crippen LogP contribution in [0, 0.1) is 0 Å². The van der Waals surface area contributed by atoms with E-state index in [1.54, 1.807) is 0 Å². The molecule has 0 saturated carbocycles. The van der Waals surface area contributed by atoms with E-state index in [1.807, 2.05) is 0 Å². The van der Waals surface area contributed by atoms with Gasteiger partial charge in [-0.15, -0.1) is 0 Å². The van der Waals surface area contributed by atoms with Crippen molar-refractivity contribution in [3.63, 3.8) is 0 Å². The van der Waals surface area contributed by atoms with E-state index in [2.05, 4.69) is 5.32 Å². The molecule has 0 bridgehead atoms. The van der Waals surface area contributed by atoms with Crippen molar-refractivity contribution in [2.75, 3.05) is 11.9 Å². The molecule has 86 valence electrons. The summed E-state index contributed by atoms with van der Waals surface area (Å²) in [6.45, 7) is -0.568. The van der Waals surface area contributed by atoms with Gasteiger partial charge in [0.15, 0.2) is 0 Å². The van der Waals surface area contributed by atoms with Gasteiger partial charge in [-0.05, 0) is 12.1 Å². The fraction of sp³-hybridized carbons (Fsp3) is 0.111. The molecule has 9 heteroatoms. The summed E-state index contributed by atoms with van der Waals surface area (Å²) >= 11 is 11.3. The number of aromatic carboxylic acids is 1. The number of aliphatic carboxylic acids is 1. The zero-order valence-electron chi connectivity index (χ0n) is 9.75. The van der Waals surface area contributed by atoms with Crippen LogP contribution in [0.5, 0.6) is 0 Å². The van der Waals surface area contributed by atoms with Crippen LogP contribution in [0.15, 0.2) is 12.1 Å². The number of carboxylic acid groups (broad SMARTS) is 2. The summed E-state index contributed by atoms with van der Waals surface area (Å²) in [7, 11) is 0. The predicted octanol–water partition coefficient (Wildman–Crippen LogP) is -6.47. The van der Waals surface area contributed by atoms with Crippen molar-refractivity contribution in [3.8, 4) is 0 Å². The number of hydrogen-bond acceptors (Lipinski definition) is 5. The predicted molar refractivity (Wildman–Crippen MR) is 54.3 cm³/mol. The van der Waals surface area contributed by atoms with Gasteiger partial charge in [-0.3, -0.25) is 0 Å². The summed E-state index contributed by atoms with van der Waals surface area (Å²) in [5.74, 6) is -2.90. The molecule has 1 rings (SSSR count). The number of carboxylic acids is 2. The van der Waals surface area contributed by atoms with Crippen LogP contribution in [-0.2, 0) is 4.79 Å². The minimum absolute atomic E-state index is 0. The van der Waals surface area contributed by atoms with Crippen LogP contribution in [-0.4, -0.2) is 18.5 Å². The quantitative estimate of drug-likeness (QED) is 0.559. The first-order chi connectivity index (χ1) is 7.41. The molecular formula is C9H5Cl2NNa2O4. The van der Waals surface area contributed by atoms with Crippen molar-refractivity contribution < 1.29 is 78.9 Å². The fourth-order valence-corrected chi connectivity index (χ4v) is 1.64. The van der Waals surface area contributed by atoms with Crippen LogP contribution in [0.1, 0.15) is 10.4 Å². The SMILES string of the molecule is O=C([O-])CNc1c(Cl)cc(Cl)cc1C(=O)[O-].[Na+].[Na+]. The van der Waals surface area contributed by atoms with Gasteiger partial charge in [-0.25, -0.2) is 0 Å². The average molecular weight is 308 g/mol. The molecule has 0 saturated heterocycles. The second-order valence-corrected chi connectivity index (χ2v) is 3.67. The Kier molecular flexibility index (Phi) is 10.9. The van der Waals surface area contributed by atoms with Gasteiger partial charge in [-0.1, -0.05) is 23.2 Å². The maximum Gasteiger partial charge on any atom is 1.00 e. The summed E-state index contributed by atoms with van der Waals surface area (Å²) in [6.07, 6.45) is 0. The van der Waals surface area contributed by atoms with Crippen LogP contribution in [0.2, 0.25) is 10.0 Å². The maximum atomic E-state index is 10.7. The van der Waals surface area contributed by atoms with E-state index in [-0.39, 0.29) is 80.4 Å². The molecule has 0 aliphatic rings. The topological polar surface area (TPSA) is 92.3 Å². The van der Waals surface area contributed by atoms with Crippen molar-refractivity contribution in [2.45, 2.75) is 0 Å². The largest absolute Gasteiger partial charge is 1.00 e. The molecule has 0 aliphatic carbocycles. The number of nitrogens with one attached hydrogen (secondary N) is 1. The third kappa shape index (κ3) is 6.12. The molecular weight excluding hydrogens is 303 g/mol. The summed E-state index contributed by atoms with van der Waals surface area (Å²) in [4.78, 5) is 21.0. The monoisotopic (exact) mass is 307 g/mol. The minimum Gasteiger partial charge on any atom is -0.548 e. The van der Waals surface area contributed by atoms with E-state index in [9.17, 15) is 19.8 Å². The van der Waals surface area contributed by atoms with E-state index in [0.29, 0.717) is 0 Å². The first kappa shape index (κ1) is 20.8. The van der Waals surface area contributed by atoms with Gasteiger partial charge < -0.3 is 25.1 Å². The number of hydrogen-bond donors (Lipinski definition) is 1. The number of benzene rings is 1. The summed E-state index contributed by atoms with van der Waals surface area (Å²) < 4.78 is 0. The third-order valence-electron chi connectivity index (χ3n) is 1.68. The van der Waals surface area contributed by atoms with Gasteiger partial charge in [0.1, 0.15) is 0 Å². The average Bonchev–Trinajstić information content (AvgIpc) is 2.14. The van der Waals surface area contributed by atoms with Gasteiger partial charge in [0.05, 0.1) is 29.2 Å². The molecule has 0 spiro atoms. The summed E-state index contributed by atoms with van der Waals surface area (Å²) in [5, 5.41) is 23.4. The summed E-state index contributed by atoms with van der Waals surface area (Å²) in [5.41, 5.74) is -0.367. The van der Waals surface area contributed by atoms with Crippen molar-refractivity contribution in [2.24, 2.45) is 0 Å². The Morgan fingerprint density at radius 2 is 1.72 bits per heavy atom. The van der Waals surface area contributed by atoms with Gasteiger partial charge in [0.2, 0.25) is 0 Å². The molecule has 1 N–H and O–H groups in total. The Morgan fingerprint density at radius 1 is 1.17 bits per heavy atom. The third-order valence-corrected chi connectivity index (χ3v) is 2.20. The Labute approximate surface area is 157 Å². The second-order valence-electron chi connectivity index (χ2n) is 2.82. The normalized spacial score (nSPS) is 8.78. The van der Waals surface area contributed by atoms with E-state index >= 15 is 0 Å². The van der Waals surface area contributed by atoms with Crippen LogP contribution in [0.25, 0.3) is 0 Å². The number of halogens is 2. The van der Waals surface area contributed by atoms with Gasteiger partial charge >= 0.3 is 59.1 Å². The molecule has 0 aromatic heterocycles. The molecule has 18 heavy (non-hydrogen) atoms. The van der Waals surface area contributed by atoms with Crippen LogP contribution in [0.4, 0.5) is 5.69 Å². The van der Waals surface area contributed by atoms with Crippen molar-refractivity contribution in [1.29, 1.82) is 0 Å². The van der Waals surface area contributed by atoms with Crippen LogP contribution < -0.4 is 74.6 Å². The maximum absolute atomic E-state index is 10.7. The molecule has 0 amide bonds. The van der Waals surface area contributed by atoms with Crippen LogP contribution >= 0.6 is 23.2 Å². The fourth-order valence-electron chi connectivity index (χ4n) is 1.07. The number of carbonyl (C=O) groups excluding carboxylic acids is 2. The standard InChI is InChI=1S/C9H7Cl2NO4.2Na/c10-4-1-5(9(15)16)8(6(11)2-4)12-3-7(13)14;;/h1-2,12H,3H2,(H,13,14)(H,15,16);;/q;2*+1/p-2.